The Morgan fingerprint density at radius 3 is 2.59 bits per heavy atom. The van der Waals surface area contributed by atoms with Crippen molar-refractivity contribution in [3.8, 4) is 0 Å². The van der Waals surface area contributed by atoms with E-state index in [2.05, 4.69) is 37.3 Å². The Morgan fingerprint density at radius 1 is 1.18 bits per heavy atom. The third-order valence-corrected chi connectivity index (χ3v) is 3.70. The lowest BCUT2D eigenvalue weighted by Crippen LogP contribution is -2.15. The summed E-state index contributed by atoms with van der Waals surface area (Å²) in [5.41, 5.74) is 2.59. The van der Waals surface area contributed by atoms with E-state index in [1.54, 1.807) is 0 Å². The first-order valence-electron chi connectivity index (χ1n) is 6.69. The van der Waals surface area contributed by atoms with E-state index in [0.717, 1.165) is 19.3 Å². The largest absolute Gasteiger partial charge is 0.389 e. The van der Waals surface area contributed by atoms with Crippen molar-refractivity contribution in [1.29, 1.82) is 0 Å². The molecule has 0 saturated carbocycles. The molecule has 0 saturated heterocycles. The summed E-state index contributed by atoms with van der Waals surface area (Å²) in [7, 11) is 0. The molecular weight excluding hydrogens is 208 g/mol. The first-order chi connectivity index (χ1) is 8.27. The Bertz CT molecular complexity index is 366. The van der Waals surface area contributed by atoms with Gasteiger partial charge in [0.1, 0.15) is 0 Å². The van der Waals surface area contributed by atoms with Crippen LogP contribution in [0.15, 0.2) is 42.0 Å². The SMILES string of the molecule is CC(CC(O)C1=CCCCC1)c1ccccc1. The van der Waals surface area contributed by atoms with Gasteiger partial charge in [0, 0.05) is 0 Å². The van der Waals surface area contributed by atoms with Gasteiger partial charge in [-0.15, -0.1) is 0 Å². The molecule has 0 fully saturated rings. The second-order valence-electron chi connectivity index (χ2n) is 5.09. The lowest BCUT2D eigenvalue weighted by atomic mass is 9.88. The Kier molecular flexibility index (Phi) is 4.38. The lowest BCUT2D eigenvalue weighted by Gasteiger charge is -2.22. The van der Waals surface area contributed by atoms with Crippen LogP contribution in [0.1, 0.15) is 50.5 Å². The van der Waals surface area contributed by atoms with Crippen LogP contribution >= 0.6 is 0 Å². The van der Waals surface area contributed by atoms with E-state index in [1.807, 2.05) is 6.07 Å². The minimum atomic E-state index is -0.245. The van der Waals surface area contributed by atoms with Gasteiger partial charge < -0.3 is 5.11 Å². The van der Waals surface area contributed by atoms with Gasteiger partial charge in [-0.05, 0) is 49.2 Å². The minimum Gasteiger partial charge on any atom is -0.389 e. The van der Waals surface area contributed by atoms with Gasteiger partial charge in [-0.25, -0.2) is 0 Å². The summed E-state index contributed by atoms with van der Waals surface area (Å²) in [6, 6.07) is 10.5. The molecule has 1 aliphatic rings. The molecule has 0 aromatic heterocycles. The van der Waals surface area contributed by atoms with Gasteiger partial charge in [0.05, 0.1) is 6.10 Å². The number of hydrogen-bond acceptors (Lipinski definition) is 1. The smallest absolute Gasteiger partial charge is 0.0755 e. The monoisotopic (exact) mass is 230 g/mol. The number of hydrogen-bond donors (Lipinski definition) is 1. The molecule has 0 radical (unpaired) electrons. The standard InChI is InChI=1S/C16H22O/c1-13(14-8-4-2-5-9-14)12-16(17)15-10-6-3-7-11-15/h2,4-5,8-10,13,16-17H,3,6-7,11-12H2,1H3. The zero-order valence-corrected chi connectivity index (χ0v) is 10.6. The Morgan fingerprint density at radius 2 is 1.94 bits per heavy atom. The normalized spacial score (nSPS) is 19.5. The summed E-state index contributed by atoms with van der Waals surface area (Å²) in [5, 5.41) is 10.2. The Labute approximate surface area is 104 Å². The molecule has 1 nitrogen and oxygen atoms in total. The summed E-state index contributed by atoms with van der Waals surface area (Å²) in [6.45, 7) is 2.20. The first-order valence-corrected chi connectivity index (χ1v) is 6.69. The summed E-state index contributed by atoms with van der Waals surface area (Å²) >= 11 is 0. The second-order valence-corrected chi connectivity index (χ2v) is 5.09. The van der Waals surface area contributed by atoms with Crippen LogP contribution < -0.4 is 0 Å². The van der Waals surface area contributed by atoms with Crippen LogP contribution in [0.5, 0.6) is 0 Å². The molecule has 17 heavy (non-hydrogen) atoms. The van der Waals surface area contributed by atoms with Crippen LogP contribution in [-0.2, 0) is 0 Å². The summed E-state index contributed by atoms with van der Waals surface area (Å²) in [6.07, 6.45) is 7.59. The van der Waals surface area contributed by atoms with E-state index in [0.29, 0.717) is 5.92 Å². The van der Waals surface area contributed by atoms with Crippen LogP contribution in [0.3, 0.4) is 0 Å². The van der Waals surface area contributed by atoms with Crippen molar-refractivity contribution < 1.29 is 5.11 Å². The van der Waals surface area contributed by atoms with Crippen molar-refractivity contribution in [3.63, 3.8) is 0 Å². The van der Waals surface area contributed by atoms with Crippen LogP contribution in [0.4, 0.5) is 0 Å². The summed E-state index contributed by atoms with van der Waals surface area (Å²) in [4.78, 5) is 0. The number of benzene rings is 1. The highest BCUT2D eigenvalue weighted by Gasteiger charge is 2.17. The fraction of sp³-hybridized carbons (Fsp3) is 0.500. The zero-order chi connectivity index (χ0) is 12.1. The molecular formula is C16H22O. The highest BCUT2D eigenvalue weighted by molar-refractivity contribution is 5.20. The van der Waals surface area contributed by atoms with Crippen molar-refractivity contribution in [1.82, 2.24) is 0 Å². The Balaban J connectivity index is 1.94. The minimum absolute atomic E-state index is 0.245. The third kappa shape index (κ3) is 3.44. The average Bonchev–Trinajstić information content (AvgIpc) is 2.40. The fourth-order valence-electron chi connectivity index (χ4n) is 2.57. The van der Waals surface area contributed by atoms with E-state index in [1.165, 1.54) is 24.0 Å². The molecule has 1 aromatic rings. The topological polar surface area (TPSA) is 20.2 Å². The molecule has 2 atom stereocenters. The van der Waals surface area contributed by atoms with Crippen LogP contribution in [0, 0.1) is 0 Å². The molecule has 0 spiro atoms. The summed E-state index contributed by atoms with van der Waals surface area (Å²) < 4.78 is 0. The number of aliphatic hydroxyl groups is 1. The van der Waals surface area contributed by atoms with Gasteiger partial charge in [0.2, 0.25) is 0 Å². The molecule has 0 amide bonds. The molecule has 1 N–H and O–H groups in total. The van der Waals surface area contributed by atoms with Crippen LogP contribution in [0.25, 0.3) is 0 Å². The van der Waals surface area contributed by atoms with Crippen molar-refractivity contribution in [2.75, 3.05) is 0 Å². The van der Waals surface area contributed by atoms with Crippen molar-refractivity contribution in [3.05, 3.63) is 47.5 Å². The number of rotatable bonds is 4. The van der Waals surface area contributed by atoms with Crippen LogP contribution in [-0.4, -0.2) is 11.2 Å². The molecule has 92 valence electrons. The van der Waals surface area contributed by atoms with Crippen LogP contribution in [0.2, 0.25) is 0 Å². The molecule has 0 bridgehead atoms. The van der Waals surface area contributed by atoms with Gasteiger partial charge in [-0.1, -0.05) is 43.3 Å². The second kappa shape index (κ2) is 6.02. The van der Waals surface area contributed by atoms with Gasteiger partial charge in [0.15, 0.2) is 0 Å². The highest BCUT2D eigenvalue weighted by atomic mass is 16.3. The van der Waals surface area contributed by atoms with E-state index in [4.69, 9.17) is 0 Å². The molecule has 0 aliphatic heterocycles. The third-order valence-electron chi connectivity index (χ3n) is 3.70. The molecule has 2 rings (SSSR count). The molecule has 2 unspecified atom stereocenters. The maximum atomic E-state index is 10.2. The number of allylic oxidation sites excluding steroid dienone is 1. The predicted molar refractivity (Wildman–Crippen MR) is 72.0 cm³/mol. The first kappa shape index (κ1) is 12.4. The molecule has 1 aromatic carbocycles. The average molecular weight is 230 g/mol. The van der Waals surface area contributed by atoms with E-state index < -0.39 is 0 Å². The zero-order valence-electron chi connectivity index (χ0n) is 10.6. The highest BCUT2D eigenvalue weighted by Crippen LogP contribution is 2.27. The maximum Gasteiger partial charge on any atom is 0.0755 e. The van der Waals surface area contributed by atoms with E-state index >= 15 is 0 Å². The van der Waals surface area contributed by atoms with Gasteiger partial charge in [-0.2, -0.15) is 0 Å². The predicted octanol–water partition coefficient (Wildman–Crippen LogP) is 4.04. The quantitative estimate of drug-likeness (QED) is 0.774. The Hall–Kier alpha value is -1.08. The summed E-state index contributed by atoms with van der Waals surface area (Å²) in [5.74, 6) is 0.425. The number of aliphatic hydroxyl groups excluding tert-OH is 1. The van der Waals surface area contributed by atoms with E-state index in [9.17, 15) is 5.11 Å². The van der Waals surface area contributed by atoms with Gasteiger partial charge in [0.25, 0.3) is 0 Å². The fourth-order valence-corrected chi connectivity index (χ4v) is 2.57. The maximum absolute atomic E-state index is 10.2. The molecule has 1 aliphatic carbocycles. The van der Waals surface area contributed by atoms with E-state index in [-0.39, 0.29) is 6.10 Å². The van der Waals surface area contributed by atoms with Crippen molar-refractivity contribution in [2.24, 2.45) is 0 Å². The van der Waals surface area contributed by atoms with Gasteiger partial charge >= 0.3 is 0 Å². The molecule has 0 heterocycles. The molecule has 1 heteroatoms. The van der Waals surface area contributed by atoms with Crippen molar-refractivity contribution in [2.45, 2.75) is 51.0 Å². The van der Waals surface area contributed by atoms with Gasteiger partial charge in [-0.3, -0.25) is 0 Å². The lowest BCUT2D eigenvalue weighted by molar-refractivity contribution is 0.185. The van der Waals surface area contributed by atoms with Crippen molar-refractivity contribution >= 4 is 0 Å².